The van der Waals surface area contributed by atoms with Crippen molar-refractivity contribution in [2.75, 3.05) is 19.0 Å². The molecule has 6 nitrogen and oxygen atoms in total. The Morgan fingerprint density at radius 1 is 1.21 bits per heavy atom. The van der Waals surface area contributed by atoms with Gasteiger partial charge in [-0.2, -0.15) is 8.78 Å². The molecule has 0 bridgehead atoms. The molecule has 3 rings (SSSR count). The van der Waals surface area contributed by atoms with Gasteiger partial charge in [-0.05, 0) is 55.5 Å². The third-order valence-electron chi connectivity index (χ3n) is 4.60. The molecule has 0 radical (unpaired) electrons. The molecule has 2 atom stereocenters. The van der Waals surface area contributed by atoms with Crippen LogP contribution in [0.25, 0.3) is 0 Å². The van der Waals surface area contributed by atoms with Crippen LogP contribution in [0.3, 0.4) is 0 Å². The van der Waals surface area contributed by atoms with E-state index in [1.165, 1.54) is 48.4 Å². The number of benzene rings is 2. The van der Waals surface area contributed by atoms with Crippen LogP contribution in [0.1, 0.15) is 13.3 Å². The maximum atomic E-state index is 13.1. The Morgan fingerprint density at radius 3 is 2.48 bits per heavy atom. The summed E-state index contributed by atoms with van der Waals surface area (Å²) in [6.07, 6.45) is -0.0972. The number of nitrogens with one attached hydrogen (secondary N) is 1. The average molecular weight is 498 g/mol. The predicted molar refractivity (Wildman–Crippen MR) is 125 cm³/mol. The monoisotopic (exact) mass is 497 g/mol. The lowest BCUT2D eigenvalue weighted by molar-refractivity contribution is -0.130. The number of aliphatic imine (C=N–C) groups is 1. The molecule has 1 aliphatic heterocycles. The van der Waals surface area contributed by atoms with Crippen molar-refractivity contribution < 1.29 is 27.5 Å². The highest BCUT2D eigenvalue weighted by Gasteiger charge is 2.41. The third kappa shape index (κ3) is 6.99. The second kappa shape index (κ2) is 11.6. The summed E-state index contributed by atoms with van der Waals surface area (Å²) < 4.78 is 43.3. The van der Waals surface area contributed by atoms with E-state index in [1.54, 1.807) is 19.1 Å². The van der Waals surface area contributed by atoms with Crippen LogP contribution >= 0.6 is 23.5 Å². The average Bonchev–Trinajstić information content (AvgIpc) is 3.05. The molecule has 11 heteroatoms. The second-order valence-corrected chi connectivity index (χ2v) is 9.38. The fraction of sp³-hybridized carbons (Fsp3) is 0.318. The van der Waals surface area contributed by atoms with Crippen LogP contribution < -0.4 is 5.32 Å². The molecular weight excluding hydrogens is 475 g/mol. The number of amidine groups is 1. The summed E-state index contributed by atoms with van der Waals surface area (Å²) in [4.78, 5) is 32.0. The van der Waals surface area contributed by atoms with Gasteiger partial charge in [0.15, 0.2) is 5.17 Å². The number of hydrogen-bond acceptors (Lipinski definition) is 6. The Labute approximate surface area is 198 Å². The van der Waals surface area contributed by atoms with Crippen molar-refractivity contribution >= 4 is 51.9 Å². The lowest BCUT2D eigenvalue weighted by Gasteiger charge is -2.23. The smallest absolute Gasteiger partial charge is 0.288 e. The Kier molecular flexibility index (Phi) is 8.81. The molecular formula is C22H22F3N3O3S2. The van der Waals surface area contributed by atoms with Crippen molar-refractivity contribution in [1.82, 2.24) is 4.90 Å². The Hall–Kier alpha value is -2.50. The van der Waals surface area contributed by atoms with Gasteiger partial charge < -0.3 is 10.1 Å². The maximum Gasteiger partial charge on any atom is 0.288 e. The van der Waals surface area contributed by atoms with Crippen LogP contribution in [0.2, 0.25) is 0 Å². The molecule has 0 aliphatic carbocycles. The molecule has 1 aliphatic rings. The van der Waals surface area contributed by atoms with Crippen molar-refractivity contribution in [1.29, 1.82) is 0 Å². The van der Waals surface area contributed by atoms with Gasteiger partial charge >= 0.3 is 0 Å². The number of amides is 2. The zero-order valence-corrected chi connectivity index (χ0v) is 19.5. The number of anilines is 1. The topological polar surface area (TPSA) is 71.0 Å². The number of methoxy groups -OCH3 is 1. The van der Waals surface area contributed by atoms with Crippen LogP contribution in [-0.2, 0) is 14.3 Å². The standard InChI is InChI=1S/C22H22F3N3O3S2/c1-13(12-31-2)28-20(30)18(11-19(29)26-15-5-3-14(23)4-6-15)33-22(28)27-16-7-9-17(10-8-16)32-21(24)25/h3-10,13,18,21H,11-12H2,1-2H3,(H,26,29)/t13-,18+/m0/s1. The lowest BCUT2D eigenvalue weighted by Crippen LogP contribution is -2.42. The van der Waals surface area contributed by atoms with E-state index in [2.05, 4.69) is 10.3 Å². The van der Waals surface area contributed by atoms with E-state index in [0.717, 1.165) is 11.8 Å². The molecule has 0 spiro atoms. The van der Waals surface area contributed by atoms with Gasteiger partial charge in [0, 0.05) is 24.1 Å². The van der Waals surface area contributed by atoms with Crippen molar-refractivity contribution in [2.45, 2.75) is 35.3 Å². The van der Waals surface area contributed by atoms with Crippen molar-refractivity contribution in [3.8, 4) is 0 Å². The minimum atomic E-state index is -2.52. The number of ether oxygens (including phenoxy) is 1. The summed E-state index contributed by atoms with van der Waals surface area (Å²) >= 11 is 1.59. The van der Waals surface area contributed by atoms with Crippen LogP contribution in [0, 0.1) is 5.82 Å². The summed E-state index contributed by atoms with van der Waals surface area (Å²) in [7, 11) is 1.52. The molecule has 1 saturated heterocycles. The first-order chi connectivity index (χ1) is 15.8. The van der Waals surface area contributed by atoms with Crippen molar-refractivity contribution in [3.05, 3.63) is 54.3 Å². The summed E-state index contributed by atoms with van der Waals surface area (Å²) in [5.74, 6) is -3.60. The summed E-state index contributed by atoms with van der Waals surface area (Å²) in [6.45, 7) is 2.07. The maximum absolute atomic E-state index is 13.1. The van der Waals surface area contributed by atoms with Crippen molar-refractivity contribution in [3.63, 3.8) is 0 Å². The molecule has 176 valence electrons. The summed E-state index contributed by atoms with van der Waals surface area (Å²) in [5, 5.41) is 2.36. The van der Waals surface area contributed by atoms with Crippen LogP contribution in [0.4, 0.5) is 24.5 Å². The van der Waals surface area contributed by atoms with Gasteiger partial charge in [0.05, 0.1) is 18.3 Å². The molecule has 1 N–H and O–H groups in total. The molecule has 1 heterocycles. The zero-order valence-electron chi connectivity index (χ0n) is 17.8. The van der Waals surface area contributed by atoms with E-state index in [1.807, 2.05) is 0 Å². The van der Waals surface area contributed by atoms with Gasteiger partial charge in [-0.15, -0.1) is 0 Å². The lowest BCUT2D eigenvalue weighted by atomic mass is 10.2. The number of thioether (sulfide) groups is 2. The highest BCUT2D eigenvalue weighted by atomic mass is 32.2. The highest BCUT2D eigenvalue weighted by Crippen LogP contribution is 2.34. The SMILES string of the molecule is COC[C@H](C)N1C(=O)[C@@H](CC(=O)Nc2ccc(F)cc2)SC1=Nc1ccc(SC(F)F)cc1. The quantitative estimate of drug-likeness (QED) is 0.486. The first kappa shape index (κ1) is 25.1. The van der Waals surface area contributed by atoms with Crippen LogP contribution in [0.15, 0.2) is 58.4 Å². The molecule has 0 saturated carbocycles. The summed E-state index contributed by atoms with van der Waals surface area (Å²) in [5.41, 5.74) is 0.923. The van der Waals surface area contributed by atoms with Gasteiger partial charge in [-0.25, -0.2) is 9.38 Å². The fourth-order valence-electron chi connectivity index (χ4n) is 3.14. The molecule has 0 aromatic heterocycles. The fourth-order valence-corrected chi connectivity index (χ4v) is 4.88. The van der Waals surface area contributed by atoms with E-state index in [4.69, 9.17) is 4.74 Å². The predicted octanol–water partition coefficient (Wildman–Crippen LogP) is 5.14. The van der Waals surface area contributed by atoms with Gasteiger partial charge in [0.1, 0.15) is 11.1 Å². The molecule has 33 heavy (non-hydrogen) atoms. The third-order valence-corrected chi connectivity index (χ3v) is 6.47. The Morgan fingerprint density at radius 2 is 1.88 bits per heavy atom. The number of carbonyl (C=O) groups excluding carboxylic acids is 2. The van der Waals surface area contributed by atoms with Crippen molar-refractivity contribution in [2.24, 2.45) is 4.99 Å². The molecule has 2 aromatic rings. The second-order valence-electron chi connectivity index (χ2n) is 7.15. The van der Waals surface area contributed by atoms with Gasteiger partial charge in [0.2, 0.25) is 11.8 Å². The van der Waals surface area contributed by atoms with E-state index in [0.29, 0.717) is 33.2 Å². The first-order valence-electron chi connectivity index (χ1n) is 9.94. The van der Waals surface area contributed by atoms with Crippen LogP contribution in [-0.4, -0.2) is 52.6 Å². The van der Waals surface area contributed by atoms with E-state index in [-0.39, 0.29) is 30.9 Å². The van der Waals surface area contributed by atoms with Gasteiger partial charge in [-0.3, -0.25) is 14.5 Å². The minimum absolute atomic E-state index is 0.0972. The minimum Gasteiger partial charge on any atom is -0.383 e. The number of nitrogens with zero attached hydrogens (tertiary/aromatic N) is 2. The Balaban J connectivity index is 1.76. The van der Waals surface area contributed by atoms with E-state index >= 15 is 0 Å². The number of carbonyl (C=O) groups is 2. The highest BCUT2D eigenvalue weighted by molar-refractivity contribution is 8.15. The molecule has 2 aromatic carbocycles. The normalized spacial score (nSPS) is 18.2. The molecule has 2 amide bonds. The Bertz CT molecular complexity index is 1000. The summed E-state index contributed by atoms with van der Waals surface area (Å²) in [6, 6.07) is 11.3. The largest absolute Gasteiger partial charge is 0.383 e. The zero-order chi connectivity index (χ0) is 24.0. The molecule has 1 fully saturated rings. The van der Waals surface area contributed by atoms with Gasteiger partial charge in [-0.1, -0.05) is 23.5 Å². The number of hydrogen-bond donors (Lipinski definition) is 1. The van der Waals surface area contributed by atoms with Crippen LogP contribution in [0.5, 0.6) is 0 Å². The van der Waals surface area contributed by atoms with E-state index < -0.39 is 16.8 Å². The number of rotatable bonds is 9. The number of halogens is 3. The first-order valence-corrected chi connectivity index (χ1v) is 11.7. The van der Waals surface area contributed by atoms with E-state index in [9.17, 15) is 22.8 Å². The molecule has 0 unspecified atom stereocenters. The number of alkyl halides is 2. The van der Waals surface area contributed by atoms with Gasteiger partial charge in [0.25, 0.3) is 5.76 Å².